The van der Waals surface area contributed by atoms with Crippen LogP contribution in [-0.4, -0.2) is 40.6 Å². The summed E-state index contributed by atoms with van der Waals surface area (Å²) in [5.74, 6) is -3.37. The Kier molecular flexibility index (Phi) is 6.93. The molecule has 0 bridgehead atoms. The summed E-state index contributed by atoms with van der Waals surface area (Å²) in [6.45, 7) is 1.11. The molecule has 0 spiro atoms. The molecular weight excluding hydrogens is 348 g/mol. The van der Waals surface area contributed by atoms with Crippen molar-refractivity contribution in [3.63, 3.8) is 0 Å². The molecule has 27 heavy (non-hydrogen) atoms. The van der Waals surface area contributed by atoms with Crippen molar-refractivity contribution >= 4 is 23.5 Å². The van der Waals surface area contributed by atoms with E-state index < -0.39 is 36.4 Å². The van der Waals surface area contributed by atoms with Crippen LogP contribution in [-0.2, 0) is 20.8 Å². The van der Waals surface area contributed by atoms with Gasteiger partial charge < -0.3 is 20.8 Å². The molecule has 0 aliphatic carbocycles. The van der Waals surface area contributed by atoms with Gasteiger partial charge in [-0.25, -0.2) is 0 Å². The molecule has 0 radical (unpaired) electrons. The van der Waals surface area contributed by atoms with E-state index in [2.05, 4.69) is 10.6 Å². The Hall–Kier alpha value is -3.35. The van der Waals surface area contributed by atoms with E-state index in [4.69, 9.17) is 5.11 Å². The van der Waals surface area contributed by atoms with Crippen LogP contribution in [0.1, 0.15) is 24.0 Å². The van der Waals surface area contributed by atoms with Crippen LogP contribution in [0.4, 0.5) is 5.69 Å². The lowest BCUT2D eigenvalue weighted by Gasteiger charge is -2.21. The predicted molar refractivity (Wildman–Crippen MR) is 101 cm³/mol. The zero-order chi connectivity index (χ0) is 19.8. The number of carboxylic acids is 2. The van der Waals surface area contributed by atoms with Crippen LogP contribution in [0.3, 0.4) is 0 Å². The number of hydrogen-bond donors (Lipinski definition) is 4. The standard InChI is InChI=1S/C20H22N2O5/c1-13(19(25)21-12-18(23)24)22-17-10-6-5-9-15(17)16(20(26)27)11-14-7-3-2-4-8-14/h2-10,13,16,22H,11-12H2,1H3,(H,21,25)(H,23,24)(H,26,27)/t13?,16-/m0/s1. The van der Waals surface area contributed by atoms with Crippen molar-refractivity contribution in [2.45, 2.75) is 25.3 Å². The van der Waals surface area contributed by atoms with Gasteiger partial charge in [0.1, 0.15) is 12.6 Å². The summed E-state index contributed by atoms with van der Waals surface area (Å²) in [5.41, 5.74) is 1.98. The third kappa shape index (κ3) is 5.85. The minimum atomic E-state index is -1.13. The average Bonchev–Trinajstić information content (AvgIpc) is 2.65. The Labute approximate surface area is 157 Å². The van der Waals surface area contributed by atoms with Crippen molar-refractivity contribution in [1.29, 1.82) is 0 Å². The quantitative estimate of drug-likeness (QED) is 0.537. The number of carbonyl (C=O) groups excluding carboxylic acids is 1. The molecule has 7 nitrogen and oxygen atoms in total. The van der Waals surface area contributed by atoms with E-state index in [9.17, 15) is 19.5 Å². The summed E-state index contributed by atoms with van der Waals surface area (Å²) in [6, 6.07) is 15.5. The van der Waals surface area contributed by atoms with Gasteiger partial charge in [0.25, 0.3) is 0 Å². The number of amides is 1. The van der Waals surface area contributed by atoms with Crippen LogP contribution < -0.4 is 10.6 Å². The topological polar surface area (TPSA) is 116 Å². The summed E-state index contributed by atoms with van der Waals surface area (Å²) in [5, 5.41) is 23.7. The normalized spacial score (nSPS) is 12.6. The summed E-state index contributed by atoms with van der Waals surface area (Å²) < 4.78 is 0. The van der Waals surface area contributed by atoms with Crippen molar-refractivity contribution in [3.05, 3.63) is 65.7 Å². The summed E-state index contributed by atoms with van der Waals surface area (Å²) >= 11 is 0. The van der Waals surface area contributed by atoms with Gasteiger partial charge in [0.2, 0.25) is 5.91 Å². The van der Waals surface area contributed by atoms with Gasteiger partial charge in [-0.1, -0.05) is 48.5 Å². The smallest absolute Gasteiger partial charge is 0.322 e. The Morgan fingerprint density at radius 2 is 1.59 bits per heavy atom. The maximum Gasteiger partial charge on any atom is 0.322 e. The van der Waals surface area contributed by atoms with E-state index in [-0.39, 0.29) is 0 Å². The maximum absolute atomic E-state index is 12.0. The van der Waals surface area contributed by atoms with Crippen molar-refractivity contribution in [1.82, 2.24) is 5.32 Å². The van der Waals surface area contributed by atoms with E-state index in [1.54, 1.807) is 31.2 Å². The van der Waals surface area contributed by atoms with Gasteiger partial charge in [-0.3, -0.25) is 14.4 Å². The number of carbonyl (C=O) groups is 3. The SMILES string of the molecule is CC(Nc1ccccc1[C@H](Cc1ccccc1)C(=O)O)C(=O)NCC(=O)O. The monoisotopic (exact) mass is 370 g/mol. The van der Waals surface area contributed by atoms with Crippen molar-refractivity contribution < 1.29 is 24.6 Å². The van der Waals surface area contributed by atoms with Crippen LogP contribution in [0.15, 0.2) is 54.6 Å². The Balaban J connectivity index is 2.20. The van der Waals surface area contributed by atoms with Crippen LogP contribution in [0, 0.1) is 0 Å². The first-order valence-corrected chi connectivity index (χ1v) is 8.50. The predicted octanol–water partition coefficient (Wildman–Crippen LogP) is 2.10. The van der Waals surface area contributed by atoms with Gasteiger partial charge in [-0.15, -0.1) is 0 Å². The molecule has 4 N–H and O–H groups in total. The molecular formula is C20H22N2O5. The third-order valence-electron chi connectivity index (χ3n) is 4.10. The first-order valence-electron chi connectivity index (χ1n) is 8.50. The second kappa shape index (κ2) is 9.38. The van der Waals surface area contributed by atoms with E-state index in [1.165, 1.54) is 0 Å². The van der Waals surface area contributed by atoms with Gasteiger partial charge in [0, 0.05) is 5.69 Å². The van der Waals surface area contributed by atoms with Crippen LogP contribution in [0.2, 0.25) is 0 Å². The molecule has 0 aliphatic heterocycles. The van der Waals surface area contributed by atoms with Crippen LogP contribution >= 0.6 is 0 Å². The second-order valence-corrected chi connectivity index (χ2v) is 6.15. The van der Waals surface area contributed by atoms with E-state index in [0.717, 1.165) is 5.56 Å². The number of carboxylic acid groups (broad SMARTS) is 2. The molecule has 0 heterocycles. The van der Waals surface area contributed by atoms with Crippen LogP contribution in [0.25, 0.3) is 0 Å². The lowest BCUT2D eigenvalue weighted by atomic mass is 9.90. The van der Waals surface area contributed by atoms with Crippen molar-refractivity contribution in [2.75, 3.05) is 11.9 Å². The highest BCUT2D eigenvalue weighted by molar-refractivity contribution is 5.88. The number of anilines is 1. The van der Waals surface area contributed by atoms with Crippen molar-refractivity contribution in [2.24, 2.45) is 0 Å². The van der Waals surface area contributed by atoms with Gasteiger partial charge in [-0.05, 0) is 30.5 Å². The highest BCUT2D eigenvalue weighted by Crippen LogP contribution is 2.28. The molecule has 2 aromatic rings. The van der Waals surface area contributed by atoms with E-state index in [0.29, 0.717) is 17.7 Å². The molecule has 0 saturated carbocycles. The fraction of sp³-hybridized carbons (Fsp3) is 0.250. The molecule has 1 amide bonds. The molecule has 0 aromatic heterocycles. The molecule has 142 valence electrons. The summed E-state index contributed by atoms with van der Waals surface area (Å²) in [4.78, 5) is 34.5. The summed E-state index contributed by atoms with van der Waals surface area (Å²) in [7, 11) is 0. The molecule has 2 atom stereocenters. The van der Waals surface area contributed by atoms with Gasteiger partial charge in [0.15, 0.2) is 0 Å². The second-order valence-electron chi connectivity index (χ2n) is 6.15. The van der Waals surface area contributed by atoms with Crippen molar-refractivity contribution in [3.8, 4) is 0 Å². The lowest BCUT2D eigenvalue weighted by Crippen LogP contribution is -2.40. The molecule has 1 unspecified atom stereocenters. The molecule has 2 rings (SSSR count). The van der Waals surface area contributed by atoms with Gasteiger partial charge >= 0.3 is 11.9 Å². The Morgan fingerprint density at radius 3 is 2.22 bits per heavy atom. The van der Waals surface area contributed by atoms with E-state index >= 15 is 0 Å². The molecule has 0 saturated heterocycles. The zero-order valence-corrected chi connectivity index (χ0v) is 14.9. The minimum Gasteiger partial charge on any atom is -0.481 e. The first-order chi connectivity index (χ1) is 12.9. The Bertz CT molecular complexity index is 807. The Morgan fingerprint density at radius 1 is 0.963 bits per heavy atom. The average molecular weight is 370 g/mol. The van der Waals surface area contributed by atoms with Gasteiger partial charge in [0.05, 0.1) is 5.92 Å². The minimum absolute atomic E-state index is 0.314. The largest absolute Gasteiger partial charge is 0.481 e. The highest BCUT2D eigenvalue weighted by atomic mass is 16.4. The maximum atomic E-state index is 12.0. The number of nitrogens with one attached hydrogen (secondary N) is 2. The van der Waals surface area contributed by atoms with Gasteiger partial charge in [-0.2, -0.15) is 0 Å². The lowest BCUT2D eigenvalue weighted by molar-refractivity contribution is -0.139. The zero-order valence-electron chi connectivity index (χ0n) is 14.9. The number of rotatable bonds is 9. The highest BCUT2D eigenvalue weighted by Gasteiger charge is 2.24. The summed E-state index contributed by atoms with van der Waals surface area (Å²) in [6.07, 6.45) is 0.314. The molecule has 7 heteroatoms. The number of aliphatic carboxylic acids is 2. The fourth-order valence-corrected chi connectivity index (χ4v) is 2.73. The molecule has 0 aliphatic rings. The molecule has 2 aromatic carbocycles. The fourth-order valence-electron chi connectivity index (χ4n) is 2.73. The first kappa shape index (κ1) is 20.0. The number of hydrogen-bond acceptors (Lipinski definition) is 4. The van der Waals surface area contributed by atoms with E-state index in [1.807, 2.05) is 30.3 Å². The molecule has 0 fully saturated rings. The third-order valence-corrected chi connectivity index (χ3v) is 4.10. The number of para-hydroxylation sites is 1. The number of benzene rings is 2. The van der Waals surface area contributed by atoms with Crippen LogP contribution in [0.5, 0.6) is 0 Å².